The number of hydrogen-bond donors (Lipinski definition) is 1. The van der Waals surface area contributed by atoms with Crippen LogP contribution in [0.1, 0.15) is 44.9 Å². The molecule has 1 aliphatic rings. The quantitative estimate of drug-likeness (QED) is 0.872. The van der Waals surface area contributed by atoms with Gasteiger partial charge in [-0.3, -0.25) is 0 Å². The fraction of sp³-hybridized carbons (Fsp3) is 0.786. The molecule has 4 nitrogen and oxygen atoms in total. The topological polar surface area (TPSA) is 47.3 Å². The van der Waals surface area contributed by atoms with Crippen LogP contribution in [0.25, 0.3) is 0 Å². The highest BCUT2D eigenvalue weighted by Gasteiger charge is 2.40. The highest BCUT2D eigenvalue weighted by molar-refractivity contribution is 5.00. The van der Waals surface area contributed by atoms with Crippen molar-refractivity contribution in [3.05, 3.63) is 18.2 Å². The molecule has 1 unspecified atom stereocenters. The van der Waals surface area contributed by atoms with Crippen molar-refractivity contribution in [2.75, 3.05) is 6.61 Å². The van der Waals surface area contributed by atoms with Crippen molar-refractivity contribution in [3.8, 4) is 0 Å². The summed E-state index contributed by atoms with van der Waals surface area (Å²) in [6, 6.07) is 0. The van der Waals surface area contributed by atoms with Gasteiger partial charge >= 0.3 is 0 Å². The van der Waals surface area contributed by atoms with E-state index < -0.39 is 6.10 Å². The summed E-state index contributed by atoms with van der Waals surface area (Å²) < 4.78 is 7.90. The Balaban J connectivity index is 2.08. The van der Waals surface area contributed by atoms with Crippen LogP contribution in [0.4, 0.5) is 0 Å². The largest absolute Gasteiger partial charge is 0.390 e. The van der Waals surface area contributed by atoms with Crippen LogP contribution in [0.3, 0.4) is 0 Å². The maximum absolute atomic E-state index is 10.6. The molecule has 1 N–H and O–H groups in total. The summed E-state index contributed by atoms with van der Waals surface area (Å²) in [4.78, 5) is 4.29. The normalized spacial score (nSPS) is 20.8. The van der Waals surface area contributed by atoms with Gasteiger partial charge in [0.1, 0.15) is 5.82 Å². The van der Waals surface area contributed by atoms with Gasteiger partial charge in [-0.05, 0) is 19.8 Å². The van der Waals surface area contributed by atoms with Crippen LogP contribution in [-0.2, 0) is 18.2 Å². The number of ether oxygens (including phenoxy) is 1. The molecule has 0 amide bonds. The highest BCUT2D eigenvalue weighted by atomic mass is 16.5. The monoisotopic (exact) mass is 252 g/mol. The van der Waals surface area contributed by atoms with Gasteiger partial charge in [-0.15, -0.1) is 0 Å². The van der Waals surface area contributed by atoms with E-state index in [1.54, 1.807) is 6.20 Å². The lowest BCUT2D eigenvalue weighted by Gasteiger charge is -2.40. The number of imidazole rings is 1. The molecular weight excluding hydrogens is 228 g/mol. The summed E-state index contributed by atoms with van der Waals surface area (Å²) in [5.74, 6) is 0.923. The Bertz CT molecular complexity index is 364. The van der Waals surface area contributed by atoms with E-state index in [4.69, 9.17) is 4.74 Å². The molecule has 0 aromatic carbocycles. The minimum absolute atomic E-state index is 0.348. The van der Waals surface area contributed by atoms with Gasteiger partial charge in [-0.2, -0.15) is 0 Å². The van der Waals surface area contributed by atoms with Crippen LogP contribution < -0.4 is 0 Å². The predicted molar refractivity (Wildman–Crippen MR) is 70.4 cm³/mol. The molecule has 18 heavy (non-hydrogen) atoms. The SMILES string of the molecule is CCOC1(C(O)Cc2nccn2C)CCCCC1. The number of nitrogens with zero attached hydrogens (tertiary/aromatic N) is 2. The Labute approximate surface area is 109 Å². The van der Waals surface area contributed by atoms with Gasteiger partial charge < -0.3 is 14.4 Å². The van der Waals surface area contributed by atoms with E-state index in [0.717, 1.165) is 31.5 Å². The van der Waals surface area contributed by atoms with Gasteiger partial charge in [0.2, 0.25) is 0 Å². The molecule has 0 radical (unpaired) electrons. The number of hydrogen-bond acceptors (Lipinski definition) is 3. The van der Waals surface area contributed by atoms with Crippen molar-refractivity contribution in [3.63, 3.8) is 0 Å². The van der Waals surface area contributed by atoms with E-state index in [0.29, 0.717) is 13.0 Å². The zero-order valence-electron chi connectivity index (χ0n) is 11.4. The number of aromatic nitrogens is 2. The van der Waals surface area contributed by atoms with Gasteiger partial charge in [-0.1, -0.05) is 19.3 Å². The van der Waals surface area contributed by atoms with Crippen molar-refractivity contribution >= 4 is 0 Å². The van der Waals surface area contributed by atoms with Crippen LogP contribution in [0, 0.1) is 0 Å². The molecule has 1 atom stereocenters. The third-order valence-electron chi connectivity index (χ3n) is 4.04. The lowest BCUT2D eigenvalue weighted by Crippen LogP contribution is -2.48. The van der Waals surface area contributed by atoms with Crippen molar-refractivity contribution in [2.24, 2.45) is 7.05 Å². The standard InChI is InChI=1S/C14H24N2O2/c1-3-18-14(7-5-4-6-8-14)12(17)11-13-15-9-10-16(13)2/h9-10,12,17H,3-8,11H2,1-2H3. The maximum atomic E-state index is 10.6. The van der Waals surface area contributed by atoms with E-state index >= 15 is 0 Å². The molecule has 2 rings (SSSR count). The molecule has 0 aliphatic heterocycles. The summed E-state index contributed by atoms with van der Waals surface area (Å²) >= 11 is 0. The fourth-order valence-corrected chi connectivity index (χ4v) is 2.96. The third kappa shape index (κ3) is 2.75. The summed E-state index contributed by atoms with van der Waals surface area (Å²) in [7, 11) is 1.96. The van der Waals surface area contributed by atoms with Crippen LogP contribution in [0.2, 0.25) is 0 Å². The minimum atomic E-state index is -0.459. The number of aliphatic hydroxyl groups excluding tert-OH is 1. The Hall–Kier alpha value is -0.870. The second-order valence-corrected chi connectivity index (χ2v) is 5.23. The zero-order valence-corrected chi connectivity index (χ0v) is 11.4. The lowest BCUT2D eigenvalue weighted by molar-refractivity contribution is -0.139. The average molecular weight is 252 g/mol. The van der Waals surface area contributed by atoms with E-state index in [1.807, 2.05) is 24.7 Å². The molecule has 1 saturated carbocycles. The molecule has 1 aromatic rings. The van der Waals surface area contributed by atoms with Gasteiger partial charge in [0, 0.05) is 32.5 Å². The van der Waals surface area contributed by atoms with E-state index in [1.165, 1.54) is 6.42 Å². The van der Waals surface area contributed by atoms with E-state index in [-0.39, 0.29) is 5.60 Å². The molecule has 102 valence electrons. The Morgan fingerprint density at radius 2 is 2.17 bits per heavy atom. The molecule has 0 saturated heterocycles. The molecule has 1 heterocycles. The summed E-state index contributed by atoms with van der Waals surface area (Å²) in [6.45, 7) is 2.67. The van der Waals surface area contributed by atoms with Gasteiger partial charge in [-0.25, -0.2) is 4.98 Å². The smallest absolute Gasteiger partial charge is 0.111 e. The maximum Gasteiger partial charge on any atom is 0.111 e. The van der Waals surface area contributed by atoms with Crippen molar-refractivity contribution in [1.82, 2.24) is 9.55 Å². The number of aliphatic hydroxyl groups is 1. The summed E-state index contributed by atoms with van der Waals surface area (Å²) in [6.07, 6.45) is 9.28. The number of aryl methyl sites for hydroxylation is 1. The van der Waals surface area contributed by atoms with Crippen LogP contribution in [0.5, 0.6) is 0 Å². The average Bonchev–Trinajstić information content (AvgIpc) is 2.76. The first-order valence-electron chi connectivity index (χ1n) is 6.96. The highest BCUT2D eigenvalue weighted by Crippen LogP contribution is 2.35. The fourth-order valence-electron chi connectivity index (χ4n) is 2.96. The molecule has 1 fully saturated rings. The first-order valence-corrected chi connectivity index (χ1v) is 6.96. The second kappa shape index (κ2) is 5.85. The summed E-state index contributed by atoms with van der Waals surface area (Å²) in [5, 5.41) is 10.6. The van der Waals surface area contributed by atoms with Crippen molar-refractivity contribution in [2.45, 2.75) is 57.2 Å². The molecule has 1 aliphatic carbocycles. The lowest BCUT2D eigenvalue weighted by atomic mass is 9.79. The van der Waals surface area contributed by atoms with E-state index in [9.17, 15) is 5.11 Å². The van der Waals surface area contributed by atoms with Crippen LogP contribution in [0.15, 0.2) is 12.4 Å². The van der Waals surface area contributed by atoms with Gasteiger partial charge in [0.05, 0.1) is 11.7 Å². The minimum Gasteiger partial charge on any atom is -0.390 e. The molecular formula is C14H24N2O2. The zero-order chi connectivity index (χ0) is 13.0. The van der Waals surface area contributed by atoms with Crippen molar-refractivity contribution in [1.29, 1.82) is 0 Å². The van der Waals surface area contributed by atoms with Crippen LogP contribution in [-0.4, -0.2) is 33.0 Å². The van der Waals surface area contributed by atoms with E-state index in [2.05, 4.69) is 4.98 Å². The predicted octanol–water partition coefficient (Wildman–Crippen LogP) is 2.06. The van der Waals surface area contributed by atoms with Gasteiger partial charge in [0.15, 0.2) is 0 Å². The third-order valence-corrected chi connectivity index (χ3v) is 4.04. The molecule has 4 heteroatoms. The Morgan fingerprint density at radius 1 is 1.44 bits per heavy atom. The number of rotatable bonds is 5. The van der Waals surface area contributed by atoms with Gasteiger partial charge in [0.25, 0.3) is 0 Å². The summed E-state index contributed by atoms with van der Waals surface area (Å²) in [5.41, 5.74) is -0.348. The second-order valence-electron chi connectivity index (χ2n) is 5.23. The first-order chi connectivity index (χ1) is 8.68. The Kier molecular flexibility index (Phi) is 4.40. The molecule has 0 bridgehead atoms. The van der Waals surface area contributed by atoms with Crippen molar-refractivity contribution < 1.29 is 9.84 Å². The molecule has 1 aromatic heterocycles. The Morgan fingerprint density at radius 3 is 2.72 bits per heavy atom. The van der Waals surface area contributed by atoms with Crippen LogP contribution >= 0.6 is 0 Å². The molecule has 0 spiro atoms. The first kappa shape index (κ1) is 13.6.